The minimum atomic E-state index is -0.157. The van der Waals surface area contributed by atoms with Gasteiger partial charge in [0.2, 0.25) is 0 Å². The number of para-hydroxylation sites is 1. The Kier molecular flexibility index (Phi) is 3.93. The van der Waals surface area contributed by atoms with Crippen molar-refractivity contribution in [2.45, 2.75) is 26.4 Å². The molecule has 110 valence electrons. The van der Waals surface area contributed by atoms with Crippen LogP contribution >= 0.6 is 0 Å². The maximum absolute atomic E-state index is 14.4. The second kappa shape index (κ2) is 5.86. The molecule has 1 atom stereocenters. The Labute approximate surface area is 125 Å². The Bertz CT molecular complexity index is 639. The molecule has 1 aliphatic heterocycles. The molecule has 0 aliphatic carbocycles. The van der Waals surface area contributed by atoms with Gasteiger partial charge in [-0.25, -0.2) is 4.39 Å². The van der Waals surface area contributed by atoms with Gasteiger partial charge in [-0.15, -0.1) is 0 Å². The maximum Gasteiger partial charge on any atom is 0.132 e. The van der Waals surface area contributed by atoms with E-state index in [-0.39, 0.29) is 12.4 Å². The number of nitrogens with two attached hydrogens (primary N) is 1. The minimum Gasteiger partial charge on any atom is -0.367 e. The van der Waals surface area contributed by atoms with E-state index in [1.54, 1.807) is 6.07 Å². The average Bonchev–Trinajstić information content (AvgIpc) is 2.49. The average molecular weight is 284 g/mol. The molecule has 0 radical (unpaired) electrons. The van der Waals surface area contributed by atoms with E-state index in [0.29, 0.717) is 18.0 Å². The molecule has 2 nitrogen and oxygen atoms in total. The van der Waals surface area contributed by atoms with Gasteiger partial charge in [-0.2, -0.15) is 0 Å². The van der Waals surface area contributed by atoms with E-state index in [9.17, 15) is 4.39 Å². The first-order chi connectivity index (χ1) is 10.2. The number of anilines is 1. The van der Waals surface area contributed by atoms with Crippen molar-refractivity contribution in [2.24, 2.45) is 11.7 Å². The van der Waals surface area contributed by atoms with Crippen LogP contribution in [0.3, 0.4) is 0 Å². The van der Waals surface area contributed by atoms with Gasteiger partial charge < -0.3 is 10.6 Å². The first kappa shape index (κ1) is 14.1. The van der Waals surface area contributed by atoms with E-state index in [1.165, 1.54) is 11.3 Å². The van der Waals surface area contributed by atoms with Crippen molar-refractivity contribution in [1.29, 1.82) is 0 Å². The largest absolute Gasteiger partial charge is 0.367 e. The first-order valence-electron chi connectivity index (χ1n) is 7.48. The summed E-state index contributed by atoms with van der Waals surface area (Å²) in [5.41, 5.74) is 9.49. The fourth-order valence-corrected chi connectivity index (χ4v) is 3.17. The van der Waals surface area contributed by atoms with Gasteiger partial charge in [0.05, 0.1) is 0 Å². The van der Waals surface area contributed by atoms with Crippen molar-refractivity contribution in [1.82, 2.24) is 0 Å². The number of fused-ring (bicyclic) bond motifs is 1. The summed E-state index contributed by atoms with van der Waals surface area (Å²) in [7, 11) is 0. The third kappa shape index (κ3) is 2.79. The van der Waals surface area contributed by atoms with Crippen molar-refractivity contribution in [2.75, 3.05) is 11.4 Å². The third-order valence-corrected chi connectivity index (χ3v) is 4.17. The van der Waals surface area contributed by atoms with Gasteiger partial charge in [0, 0.05) is 36.4 Å². The van der Waals surface area contributed by atoms with E-state index in [1.807, 2.05) is 12.1 Å². The number of nitrogens with zero attached hydrogens (tertiary/aromatic N) is 1. The predicted molar refractivity (Wildman–Crippen MR) is 84.7 cm³/mol. The van der Waals surface area contributed by atoms with Gasteiger partial charge in [0.15, 0.2) is 0 Å². The van der Waals surface area contributed by atoms with Crippen molar-refractivity contribution in [3.05, 3.63) is 65.0 Å². The van der Waals surface area contributed by atoms with Crippen LogP contribution in [-0.2, 0) is 19.5 Å². The molecule has 0 fully saturated rings. The third-order valence-electron chi connectivity index (χ3n) is 4.17. The van der Waals surface area contributed by atoms with Crippen LogP contribution < -0.4 is 10.6 Å². The highest BCUT2D eigenvalue weighted by Gasteiger charge is 2.22. The monoisotopic (exact) mass is 284 g/mol. The number of rotatable bonds is 3. The van der Waals surface area contributed by atoms with Crippen molar-refractivity contribution in [3.8, 4) is 0 Å². The summed E-state index contributed by atoms with van der Waals surface area (Å²) in [5, 5.41) is 0. The van der Waals surface area contributed by atoms with Crippen LogP contribution in [0.25, 0.3) is 0 Å². The smallest absolute Gasteiger partial charge is 0.132 e. The summed E-state index contributed by atoms with van der Waals surface area (Å²) in [6.45, 7) is 4.05. The molecule has 2 aromatic rings. The van der Waals surface area contributed by atoms with Gasteiger partial charge in [0.25, 0.3) is 0 Å². The van der Waals surface area contributed by atoms with Crippen LogP contribution in [0.4, 0.5) is 10.1 Å². The normalized spacial score (nSPS) is 17.7. The summed E-state index contributed by atoms with van der Waals surface area (Å²) in [6.07, 6.45) is 1.10. The molecule has 0 saturated heterocycles. The van der Waals surface area contributed by atoms with Crippen LogP contribution in [0, 0.1) is 11.7 Å². The highest BCUT2D eigenvalue weighted by Crippen LogP contribution is 2.31. The van der Waals surface area contributed by atoms with Crippen molar-refractivity contribution in [3.63, 3.8) is 0 Å². The molecule has 0 amide bonds. The van der Waals surface area contributed by atoms with E-state index in [4.69, 9.17) is 5.73 Å². The number of hydrogen-bond acceptors (Lipinski definition) is 2. The molecule has 0 spiro atoms. The van der Waals surface area contributed by atoms with E-state index in [2.05, 4.69) is 36.1 Å². The Balaban J connectivity index is 1.92. The number of hydrogen-bond donors (Lipinski definition) is 1. The molecule has 0 aromatic heterocycles. The summed E-state index contributed by atoms with van der Waals surface area (Å²) in [6, 6.07) is 13.9. The molecule has 2 aromatic carbocycles. The van der Waals surface area contributed by atoms with Gasteiger partial charge in [-0.3, -0.25) is 0 Å². The van der Waals surface area contributed by atoms with Crippen LogP contribution in [0.1, 0.15) is 23.6 Å². The topological polar surface area (TPSA) is 29.3 Å². The molecule has 1 unspecified atom stereocenters. The van der Waals surface area contributed by atoms with Crippen LogP contribution in [0.2, 0.25) is 0 Å². The minimum absolute atomic E-state index is 0.157. The van der Waals surface area contributed by atoms with E-state index in [0.717, 1.165) is 18.5 Å². The van der Waals surface area contributed by atoms with Gasteiger partial charge in [-0.05, 0) is 24.0 Å². The number of benzene rings is 2. The highest BCUT2D eigenvalue weighted by atomic mass is 19.1. The zero-order valence-electron chi connectivity index (χ0n) is 12.3. The Hall–Kier alpha value is -1.87. The van der Waals surface area contributed by atoms with E-state index >= 15 is 0 Å². The quantitative estimate of drug-likeness (QED) is 0.935. The summed E-state index contributed by atoms with van der Waals surface area (Å²) in [4.78, 5) is 2.28. The summed E-state index contributed by atoms with van der Waals surface area (Å²) >= 11 is 0. The van der Waals surface area contributed by atoms with E-state index < -0.39 is 0 Å². The Morgan fingerprint density at radius 1 is 1.14 bits per heavy atom. The molecular weight excluding hydrogens is 263 g/mol. The Morgan fingerprint density at radius 2 is 1.90 bits per heavy atom. The fraction of sp³-hybridized carbons (Fsp3) is 0.333. The molecule has 3 heteroatoms. The molecule has 2 N–H and O–H groups in total. The van der Waals surface area contributed by atoms with Crippen molar-refractivity contribution < 1.29 is 4.39 Å². The highest BCUT2D eigenvalue weighted by molar-refractivity contribution is 5.56. The number of halogens is 1. The Morgan fingerprint density at radius 3 is 2.71 bits per heavy atom. The second-order valence-electron chi connectivity index (χ2n) is 5.91. The predicted octanol–water partition coefficient (Wildman–Crippen LogP) is 3.48. The zero-order valence-corrected chi connectivity index (χ0v) is 12.3. The fourth-order valence-electron chi connectivity index (χ4n) is 3.17. The van der Waals surface area contributed by atoms with Crippen molar-refractivity contribution >= 4 is 5.69 Å². The second-order valence-corrected chi connectivity index (χ2v) is 5.91. The SMILES string of the molecule is CC1Cc2ccccc2N(Cc2cccc(CN)c2F)C1. The maximum atomic E-state index is 14.4. The lowest BCUT2D eigenvalue weighted by Crippen LogP contribution is -2.34. The lowest BCUT2D eigenvalue weighted by molar-refractivity contribution is 0.521. The lowest BCUT2D eigenvalue weighted by atomic mass is 9.93. The summed E-state index contributed by atoms with van der Waals surface area (Å²) < 4.78 is 14.4. The lowest BCUT2D eigenvalue weighted by Gasteiger charge is -2.35. The molecule has 3 rings (SSSR count). The molecule has 21 heavy (non-hydrogen) atoms. The van der Waals surface area contributed by atoms with Crippen LogP contribution in [-0.4, -0.2) is 6.54 Å². The molecular formula is C18H21FN2. The van der Waals surface area contributed by atoms with Gasteiger partial charge in [0.1, 0.15) is 5.82 Å². The van der Waals surface area contributed by atoms with Crippen LogP contribution in [0.5, 0.6) is 0 Å². The standard InChI is InChI=1S/C18H21FN2/c1-13-9-14-5-2-3-8-17(14)21(11-13)12-16-7-4-6-15(10-20)18(16)19/h2-8,13H,9-12,20H2,1H3. The molecule has 1 heterocycles. The zero-order chi connectivity index (χ0) is 14.8. The molecule has 0 saturated carbocycles. The van der Waals surface area contributed by atoms with Gasteiger partial charge >= 0.3 is 0 Å². The molecule has 0 bridgehead atoms. The van der Waals surface area contributed by atoms with Gasteiger partial charge in [-0.1, -0.05) is 43.3 Å². The first-order valence-corrected chi connectivity index (χ1v) is 7.48. The van der Waals surface area contributed by atoms with Crippen LogP contribution in [0.15, 0.2) is 42.5 Å². The molecule has 1 aliphatic rings. The summed E-state index contributed by atoms with van der Waals surface area (Å²) in [5.74, 6) is 0.427.